The Kier molecular flexibility index (Phi) is 3.87. The molecule has 18 heavy (non-hydrogen) atoms. The summed E-state index contributed by atoms with van der Waals surface area (Å²) in [6.07, 6.45) is 0. The second kappa shape index (κ2) is 5.40. The largest absolute Gasteiger partial charge is 0.396 e. The average molecular weight is 248 g/mol. The van der Waals surface area contributed by atoms with Gasteiger partial charge in [0, 0.05) is 24.9 Å². The van der Waals surface area contributed by atoms with E-state index in [0.717, 1.165) is 11.3 Å². The fraction of sp³-hybridized carbons (Fsp3) is 0.500. The number of amides is 1. The highest BCUT2D eigenvalue weighted by Crippen LogP contribution is 2.31. The molecule has 0 spiro atoms. The normalized spacial score (nSPS) is 20.7. The smallest absolute Gasteiger partial charge is 0.229 e. The van der Waals surface area contributed by atoms with Crippen LogP contribution in [0.4, 0.5) is 5.69 Å². The third-order valence-electron chi connectivity index (χ3n) is 3.66. The van der Waals surface area contributed by atoms with Crippen LogP contribution in [-0.4, -0.2) is 30.2 Å². The summed E-state index contributed by atoms with van der Waals surface area (Å²) in [6.45, 7) is 4.57. The number of hydrogen-bond donors (Lipinski definition) is 3. The maximum Gasteiger partial charge on any atom is 0.229 e. The third-order valence-corrected chi connectivity index (χ3v) is 3.66. The Labute approximate surface area is 107 Å². The first kappa shape index (κ1) is 12.9. The summed E-state index contributed by atoms with van der Waals surface area (Å²) >= 11 is 0. The van der Waals surface area contributed by atoms with Crippen molar-refractivity contribution in [2.24, 2.45) is 5.92 Å². The first-order chi connectivity index (χ1) is 8.63. The minimum atomic E-state index is -0.130. The number of aliphatic hydroxyl groups is 1. The predicted octanol–water partition coefficient (Wildman–Crippen LogP) is 1.33. The second-order valence-electron chi connectivity index (χ2n) is 4.98. The predicted molar refractivity (Wildman–Crippen MR) is 71.5 cm³/mol. The van der Waals surface area contributed by atoms with Crippen LogP contribution in [0.2, 0.25) is 0 Å². The molecule has 1 aliphatic heterocycles. The minimum absolute atomic E-state index is 0.0183. The molecule has 1 aliphatic rings. The summed E-state index contributed by atoms with van der Waals surface area (Å²) in [5.74, 6) is -0.0339. The van der Waals surface area contributed by atoms with Crippen LogP contribution in [0.15, 0.2) is 24.3 Å². The van der Waals surface area contributed by atoms with Gasteiger partial charge < -0.3 is 15.7 Å². The lowest BCUT2D eigenvalue weighted by Crippen LogP contribution is -2.41. The van der Waals surface area contributed by atoms with E-state index >= 15 is 0 Å². The number of nitrogens with one attached hydrogen (secondary N) is 2. The number of rotatable bonds is 4. The molecule has 0 aliphatic carbocycles. The first-order valence-electron chi connectivity index (χ1n) is 6.37. The molecule has 1 amide bonds. The number of para-hydroxylation sites is 1. The fourth-order valence-corrected chi connectivity index (χ4v) is 2.14. The average Bonchev–Trinajstić information content (AvgIpc) is 2.81. The zero-order valence-electron chi connectivity index (χ0n) is 10.8. The molecule has 3 unspecified atom stereocenters. The van der Waals surface area contributed by atoms with Crippen molar-refractivity contribution in [3.05, 3.63) is 29.8 Å². The molecule has 0 saturated heterocycles. The third kappa shape index (κ3) is 2.48. The van der Waals surface area contributed by atoms with E-state index in [0.29, 0.717) is 6.54 Å². The molecular weight excluding hydrogens is 228 g/mol. The Morgan fingerprint density at radius 1 is 1.50 bits per heavy atom. The van der Waals surface area contributed by atoms with Crippen LogP contribution in [-0.2, 0) is 4.79 Å². The van der Waals surface area contributed by atoms with Crippen LogP contribution >= 0.6 is 0 Å². The summed E-state index contributed by atoms with van der Waals surface area (Å²) in [5, 5.41) is 15.3. The van der Waals surface area contributed by atoms with Crippen molar-refractivity contribution in [1.29, 1.82) is 0 Å². The summed E-state index contributed by atoms with van der Waals surface area (Å²) in [6, 6.07) is 7.87. The van der Waals surface area contributed by atoms with E-state index in [1.807, 2.05) is 38.1 Å². The SMILES string of the molecule is CC(CO)C(C)NC(=O)C1CNc2ccccc21. The summed E-state index contributed by atoms with van der Waals surface area (Å²) in [4.78, 5) is 12.2. The van der Waals surface area contributed by atoms with Gasteiger partial charge in [0.05, 0.1) is 5.92 Å². The van der Waals surface area contributed by atoms with Crippen molar-refractivity contribution in [2.75, 3.05) is 18.5 Å². The van der Waals surface area contributed by atoms with E-state index in [4.69, 9.17) is 5.11 Å². The molecule has 4 heteroatoms. The number of hydrogen-bond acceptors (Lipinski definition) is 3. The Hall–Kier alpha value is -1.55. The number of anilines is 1. The number of fused-ring (bicyclic) bond motifs is 1. The standard InChI is InChI=1S/C14H20N2O2/c1-9(8-17)10(2)16-14(18)12-7-15-13-6-4-3-5-11(12)13/h3-6,9-10,12,15,17H,7-8H2,1-2H3,(H,16,18). The van der Waals surface area contributed by atoms with Gasteiger partial charge in [-0.05, 0) is 24.5 Å². The molecule has 4 nitrogen and oxygen atoms in total. The highest BCUT2D eigenvalue weighted by molar-refractivity contribution is 5.88. The Morgan fingerprint density at radius 2 is 2.22 bits per heavy atom. The zero-order valence-corrected chi connectivity index (χ0v) is 10.8. The van der Waals surface area contributed by atoms with Gasteiger partial charge in [0.2, 0.25) is 5.91 Å². The minimum Gasteiger partial charge on any atom is -0.396 e. The van der Waals surface area contributed by atoms with Crippen LogP contribution in [0.5, 0.6) is 0 Å². The van der Waals surface area contributed by atoms with Gasteiger partial charge in [-0.2, -0.15) is 0 Å². The molecule has 1 heterocycles. The lowest BCUT2D eigenvalue weighted by atomic mass is 9.98. The molecule has 0 saturated carbocycles. The van der Waals surface area contributed by atoms with Crippen LogP contribution in [0, 0.1) is 5.92 Å². The van der Waals surface area contributed by atoms with Gasteiger partial charge in [-0.25, -0.2) is 0 Å². The van der Waals surface area contributed by atoms with Crippen molar-refractivity contribution in [3.63, 3.8) is 0 Å². The number of aliphatic hydroxyl groups excluding tert-OH is 1. The van der Waals surface area contributed by atoms with Crippen molar-refractivity contribution in [1.82, 2.24) is 5.32 Å². The maximum absolute atomic E-state index is 12.2. The first-order valence-corrected chi connectivity index (χ1v) is 6.37. The van der Waals surface area contributed by atoms with E-state index in [9.17, 15) is 4.79 Å². The molecular formula is C14H20N2O2. The number of carbonyl (C=O) groups excluding carboxylic acids is 1. The van der Waals surface area contributed by atoms with Crippen molar-refractivity contribution in [2.45, 2.75) is 25.8 Å². The number of benzene rings is 1. The Balaban J connectivity index is 2.03. The molecule has 3 N–H and O–H groups in total. The van der Waals surface area contributed by atoms with Crippen molar-refractivity contribution < 1.29 is 9.90 Å². The molecule has 1 aromatic rings. The van der Waals surface area contributed by atoms with Crippen LogP contribution in [0.1, 0.15) is 25.3 Å². The quantitative estimate of drug-likeness (QED) is 0.753. The molecule has 2 rings (SSSR count). The van der Waals surface area contributed by atoms with Crippen LogP contribution < -0.4 is 10.6 Å². The van der Waals surface area contributed by atoms with E-state index in [1.165, 1.54) is 0 Å². The van der Waals surface area contributed by atoms with E-state index in [-0.39, 0.29) is 30.4 Å². The topological polar surface area (TPSA) is 61.4 Å². The lowest BCUT2D eigenvalue weighted by Gasteiger charge is -2.21. The van der Waals surface area contributed by atoms with Gasteiger partial charge in [-0.1, -0.05) is 25.1 Å². The molecule has 0 radical (unpaired) electrons. The summed E-state index contributed by atoms with van der Waals surface area (Å²) in [7, 11) is 0. The van der Waals surface area contributed by atoms with Crippen molar-refractivity contribution in [3.8, 4) is 0 Å². The molecule has 0 bridgehead atoms. The fourth-order valence-electron chi connectivity index (χ4n) is 2.14. The molecule has 98 valence electrons. The second-order valence-corrected chi connectivity index (χ2v) is 4.98. The monoisotopic (exact) mass is 248 g/mol. The van der Waals surface area contributed by atoms with Crippen molar-refractivity contribution >= 4 is 11.6 Å². The van der Waals surface area contributed by atoms with E-state index in [2.05, 4.69) is 10.6 Å². The van der Waals surface area contributed by atoms with Gasteiger partial charge >= 0.3 is 0 Å². The van der Waals surface area contributed by atoms with E-state index in [1.54, 1.807) is 0 Å². The van der Waals surface area contributed by atoms with Gasteiger partial charge in [-0.15, -0.1) is 0 Å². The zero-order chi connectivity index (χ0) is 13.1. The van der Waals surface area contributed by atoms with E-state index < -0.39 is 0 Å². The lowest BCUT2D eigenvalue weighted by molar-refractivity contribution is -0.123. The maximum atomic E-state index is 12.2. The Morgan fingerprint density at radius 3 is 2.94 bits per heavy atom. The molecule has 1 aromatic carbocycles. The van der Waals surface area contributed by atoms with Crippen LogP contribution in [0.25, 0.3) is 0 Å². The van der Waals surface area contributed by atoms with Gasteiger partial charge in [0.25, 0.3) is 0 Å². The molecule has 0 aromatic heterocycles. The van der Waals surface area contributed by atoms with Crippen LogP contribution in [0.3, 0.4) is 0 Å². The molecule has 0 fully saturated rings. The summed E-state index contributed by atoms with van der Waals surface area (Å²) < 4.78 is 0. The summed E-state index contributed by atoms with van der Waals surface area (Å²) in [5.41, 5.74) is 2.10. The number of carbonyl (C=O) groups is 1. The van der Waals surface area contributed by atoms with Gasteiger partial charge in [0.1, 0.15) is 0 Å². The highest BCUT2D eigenvalue weighted by Gasteiger charge is 2.29. The van der Waals surface area contributed by atoms with Gasteiger partial charge in [-0.3, -0.25) is 4.79 Å². The Bertz CT molecular complexity index is 434. The molecule has 3 atom stereocenters. The highest BCUT2D eigenvalue weighted by atomic mass is 16.3. The van der Waals surface area contributed by atoms with Gasteiger partial charge in [0.15, 0.2) is 0 Å².